The van der Waals surface area contributed by atoms with Gasteiger partial charge in [-0.05, 0) is 31.4 Å². The molecule has 4 nitrogen and oxygen atoms in total. The van der Waals surface area contributed by atoms with Gasteiger partial charge in [-0.1, -0.05) is 36.4 Å². The van der Waals surface area contributed by atoms with E-state index < -0.39 is 58.7 Å². The molecule has 0 radical (unpaired) electrons. The number of hydrogen-bond donors (Lipinski definition) is 0. The zero-order chi connectivity index (χ0) is 24.7. The van der Waals surface area contributed by atoms with E-state index in [1.54, 1.807) is 48.2 Å². The summed E-state index contributed by atoms with van der Waals surface area (Å²) in [6, 6.07) is 5.52. The van der Waals surface area contributed by atoms with Crippen LogP contribution in [0.2, 0.25) is 0 Å². The smallest absolute Gasteiger partial charge is 0.260 e. The Balaban J connectivity index is 1.77. The lowest BCUT2D eigenvalue weighted by atomic mass is 9.88. The number of hydrogen-bond acceptors (Lipinski definition) is 2. The Labute approximate surface area is 193 Å². The van der Waals surface area contributed by atoms with Crippen molar-refractivity contribution in [2.24, 2.45) is 0 Å². The number of fused-ring (bicyclic) bond motifs is 3. The number of carbonyl (C=O) groups excluding carboxylic acids is 2. The first kappa shape index (κ1) is 23.7. The maximum atomic E-state index is 14.4. The molecule has 2 amide bonds. The van der Waals surface area contributed by atoms with Crippen LogP contribution in [0.3, 0.4) is 0 Å². The van der Waals surface area contributed by atoms with Crippen LogP contribution in [-0.2, 0) is 0 Å². The van der Waals surface area contributed by atoms with Gasteiger partial charge in [-0.2, -0.15) is 0 Å². The molecule has 34 heavy (non-hydrogen) atoms. The van der Waals surface area contributed by atoms with Gasteiger partial charge >= 0.3 is 0 Å². The largest absolute Gasteiger partial charge is 0.332 e. The number of carbonyl (C=O) groups is 2. The highest BCUT2D eigenvalue weighted by molar-refractivity contribution is 6.00. The molecular formula is C25H21F5N2O2. The van der Waals surface area contributed by atoms with Gasteiger partial charge in [-0.15, -0.1) is 6.58 Å². The van der Waals surface area contributed by atoms with Crippen molar-refractivity contribution in [3.8, 4) is 0 Å². The zero-order valence-electron chi connectivity index (χ0n) is 18.2. The molecule has 0 aromatic heterocycles. The predicted octanol–water partition coefficient (Wildman–Crippen LogP) is 5.31. The predicted molar refractivity (Wildman–Crippen MR) is 114 cm³/mol. The zero-order valence-corrected chi connectivity index (χ0v) is 18.2. The third kappa shape index (κ3) is 3.59. The molecule has 178 valence electrons. The van der Waals surface area contributed by atoms with E-state index in [2.05, 4.69) is 6.58 Å². The van der Waals surface area contributed by atoms with Crippen LogP contribution in [0, 0.1) is 29.1 Å². The summed E-state index contributed by atoms with van der Waals surface area (Å²) in [5.41, 5.74) is -0.218. The Morgan fingerprint density at radius 3 is 2.29 bits per heavy atom. The van der Waals surface area contributed by atoms with E-state index in [-0.39, 0.29) is 25.3 Å². The fourth-order valence-corrected chi connectivity index (χ4v) is 4.90. The summed E-state index contributed by atoms with van der Waals surface area (Å²) in [7, 11) is 0. The van der Waals surface area contributed by atoms with E-state index in [1.165, 1.54) is 6.08 Å². The van der Waals surface area contributed by atoms with E-state index >= 15 is 0 Å². The number of allylic oxidation sites excluding steroid dienone is 1. The monoisotopic (exact) mass is 476 g/mol. The fraction of sp³-hybridized carbons (Fsp3) is 0.280. The van der Waals surface area contributed by atoms with Crippen molar-refractivity contribution in [1.29, 1.82) is 0 Å². The fourth-order valence-electron chi connectivity index (χ4n) is 4.90. The standard InChI is InChI=1S/C25H21F5N2O2/c1-3-7-13-11-14(12-17-15-8-5-6-9-16(15)24(33)32(13)17)31(10-4-2)25(34)18-19(26)21(28)23(30)22(29)20(18)27/h3-9,13-14,17H,2,10-12H2,1H3/b7-3+/t13-,14-,17+/m0/s1. The molecule has 3 atom stereocenters. The van der Waals surface area contributed by atoms with Crippen molar-refractivity contribution in [1.82, 2.24) is 9.80 Å². The molecule has 2 aliphatic heterocycles. The minimum Gasteiger partial charge on any atom is -0.332 e. The van der Waals surface area contributed by atoms with E-state index in [0.29, 0.717) is 5.56 Å². The van der Waals surface area contributed by atoms with Crippen LogP contribution in [0.1, 0.15) is 52.1 Å². The second-order valence-corrected chi connectivity index (χ2v) is 8.22. The Morgan fingerprint density at radius 2 is 1.68 bits per heavy atom. The van der Waals surface area contributed by atoms with Gasteiger partial charge in [0.15, 0.2) is 23.3 Å². The van der Waals surface area contributed by atoms with Gasteiger partial charge in [0.2, 0.25) is 5.82 Å². The van der Waals surface area contributed by atoms with E-state index in [1.807, 2.05) is 0 Å². The van der Waals surface area contributed by atoms with Crippen molar-refractivity contribution in [3.63, 3.8) is 0 Å². The normalized spacial score (nSPS) is 21.5. The molecule has 2 aromatic carbocycles. The second kappa shape index (κ2) is 9.04. The van der Waals surface area contributed by atoms with Gasteiger partial charge in [-0.3, -0.25) is 9.59 Å². The van der Waals surface area contributed by atoms with Crippen LogP contribution in [-0.4, -0.2) is 40.2 Å². The minimum atomic E-state index is -2.33. The molecular weight excluding hydrogens is 455 g/mol. The quantitative estimate of drug-likeness (QED) is 0.254. The molecule has 1 saturated heterocycles. The highest BCUT2D eigenvalue weighted by atomic mass is 19.2. The first-order chi connectivity index (χ1) is 16.2. The molecule has 4 rings (SSSR count). The Morgan fingerprint density at radius 1 is 1.06 bits per heavy atom. The lowest BCUT2D eigenvalue weighted by Crippen LogP contribution is -2.52. The number of piperidine rings is 1. The number of rotatable bonds is 5. The summed E-state index contributed by atoms with van der Waals surface area (Å²) >= 11 is 0. The summed E-state index contributed by atoms with van der Waals surface area (Å²) in [5.74, 6) is -12.6. The Hall–Kier alpha value is -3.49. The van der Waals surface area contributed by atoms with E-state index in [4.69, 9.17) is 0 Å². The summed E-state index contributed by atoms with van der Waals surface area (Å²) in [6.45, 7) is 5.15. The molecule has 0 unspecified atom stereocenters. The topological polar surface area (TPSA) is 40.6 Å². The van der Waals surface area contributed by atoms with Crippen LogP contribution in [0.4, 0.5) is 22.0 Å². The average Bonchev–Trinajstić information content (AvgIpc) is 3.12. The molecule has 2 aromatic rings. The van der Waals surface area contributed by atoms with Crippen molar-refractivity contribution < 1.29 is 31.5 Å². The number of benzene rings is 2. The summed E-state index contributed by atoms with van der Waals surface area (Å²) in [4.78, 5) is 29.0. The molecule has 0 bridgehead atoms. The summed E-state index contributed by atoms with van der Waals surface area (Å²) < 4.78 is 70.0. The van der Waals surface area contributed by atoms with Gasteiger partial charge in [0.05, 0.1) is 12.1 Å². The first-order valence-corrected chi connectivity index (χ1v) is 10.7. The molecule has 9 heteroatoms. The molecule has 1 fully saturated rings. The average molecular weight is 476 g/mol. The Kier molecular flexibility index (Phi) is 6.29. The molecule has 2 heterocycles. The highest BCUT2D eigenvalue weighted by Crippen LogP contribution is 2.44. The van der Waals surface area contributed by atoms with E-state index in [0.717, 1.165) is 10.5 Å². The van der Waals surface area contributed by atoms with E-state index in [9.17, 15) is 31.5 Å². The molecule has 2 aliphatic rings. The second-order valence-electron chi connectivity index (χ2n) is 8.22. The van der Waals surface area contributed by atoms with Gasteiger partial charge in [0.1, 0.15) is 5.56 Å². The summed E-state index contributed by atoms with van der Waals surface area (Å²) in [5, 5.41) is 0. The molecule has 0 saturated carbocycles. The molecule has 0 N–H and O–H groups in total. The van der Waals surface area contributed by atoms with Gasteiger partial charge in [0.25, 0.3) is 11.8 Å². The summed E-state index contributed by atoms with van der Waals surface area (Å²) in [6.07, 6.45) is 5.30. The van der Waals surface area contributed by atoms with Gasteiger partial charge < -0.3 is 9.80 Å². The maximum Gasteiger partial charge on any atom is 0.260 e. The van der Waals surface area contributed by atoms with Crippen LogP contribution in [0.15, 0.2) is 49.1 Å². The maximum absolute atomic E-state index is 14.4. The Bertz CT molecular complexity index is 1180. The van der Waals surface area contributed by atoms with Crippen molar-refractivity contribution in [3.05, 3.63) is 94.8 Å². The molecule has 0 aliphatic carbocycles. The SMILES string of the molecule is C=CCN(C(=O)c1c(F)c(F)c(F)c(F)c1F)[C@@H]1C[C@@H]2c3ccccc3C(=O)N2[C@@H](/C=C/C)C1. The van der Waals surface area contributed by atoms with Crippen molar-refractivity contribution >= 4 is 11.8 Å². The molecule has 0 spiro atoms. The van der Waals surface area contributed by atoms with Gasteiger partial charge in [-0.25, -0.2) is 22.0 Å². The number of nitrogens with zero attached hydrogens (tertiary/aromatic N) is 2. The van der Waals surface area contributed by atoms with Crippen LogP contribution >= 0.6 is 0 Å². The lowest BCUT2D eigenvalue weighted by molar-refractivity contribution is 0.0343. The lowest BCUT2D eigenvalue weighted by Gasteiger charge is -2.44. The van der Waals surface area contributed by atoms with Crippen LogP contribution in [0.5, 0.6) is 0 Å². The van der Waals surface area contributed by atoms with Crippen molar-refractivity contribution in [2.45, 2.75) is 37.9 Å². The number of amides is 2. The number of halogens is 5. The van der Waals surface area contributed by atoms with Crippen LogP contribution in [0.25, 0.3) is 0 Å². The first-order valence-electron chi connectivity index (χ1n) is 10.7. The van der Waals surface area contributed by atoms with Gasteiger partial charge in [0, 0.05) is 18.2 Å². The minimum absolute atomic E-state index is 0.163. The van der Waals surface area contributed by atoms with Crippen molar-refractivity contribution in [2.75, 3.05) is 6.54 Å². The third-order valence-corrected chi connectivity index (χ3v) is 6.35. The highest BCUT2D eigenvalue weighted by Gasteiger charge is 2.47. The third-order valence-electron chi connectivity index (χ3n) is 6.35. The van der Waals surface area contributed by atoms with Crippen LogP contribution < -0.4 is 0 Å².